The fourth-order valence-corrected chi connectivity index (χ4v) is 5.30. The van der Waals surface area contributed by atoms with Crippen LogP contribution in [0.4, 0.5) is 11.6 Å². The van der Waals surface area contributed by atoms with Crippen molar-refractivity contribution in [2.75, 3.05) is 9.80 Å². The number of nitrogens with zero attached hydrogens (tertiary/aromatic N) is 4. The zero-order valence-electron chi connectivity index (χ0n) is 20.3. The molecule has 0 saturated heterocycles. The van der Waals surface area contributed by atoms with Crippen LogP contribution in [0.3, 0.4) is 0 Å². The number of anilines is 2. The molecule has 0 fully saturated rings. The minimum Gasteiger partial charge on any atom is -0.343 e. The first kappa shape index (κ1) is 23.4. The summed E-state index contributed by atoms with van der Waals surface area (Å²) in [7, 11) is 0. The summed E-state index contributed by atoms with van der Waals surface area (Å²) in [6, 6.07) is 13.7. The van der Waals surface area contributed by atoms with Gasteiger partial charge < -0.3 is 9.80 Å². The van der Waals surface area contributed by atoms with Crippen LogP contribution < -0.4 is 9.80 Å². The van der Waals surface area contributed by atoms with Gasteiger partial charge in [0.25, 0.3) is 0 Å². The molecule has 0 amide bonds. The Bertz CT molecular complexity index is 1130. The third-order valence-corrected chi connectivity index (χ3v) is 6.69. The van der Waals surface area contributed by atoms with Gasteiger partial charge in [-0.1, -0.05) is 42.8 Å². The average molecular weight is 459 g/mol. The Morgan fingerprint density at radius 3 is 2.33 bits per heavy atom. The van der Waals surface area contributed by atoms with Gasteiger partial charge in [-0.3, -0.25) is 0 Å². The quantitative estimate of drug-likeness (QED) is 0.405. The summed E-state index contributed by atoms with van der Waals surface area (Å²) in [5.41, 5.74) is 8.42. The van der Waals surface area contributed by atoms with E-state index in [0.717, 1.165) is 41.5 Å². The topological polar surface area (TPSA) is 32.3 Å². The van der Waals surface area contributed by atoms with Crippen LogP contribution >= 0.6 is 12.6 Å². The molecule has 2 atom stereocenters. The van der Waals surface area contributed by atoms with Gasteiger partial charge in [-0.15, -0.1) is 12.6 Å². The van der Waals surface area contributed by atoms with Crippen molar-refractivity contribution in [1.29, 1.82) is 0 Å². The van der Waals surface area contributed by atoms with Crippen molar-refractivity contribution in [2.24, 2.45) is 0 Å². The third-order valence-electron chi connectivity index (χ3n) is 6.41. The van der Waals surface area contributed by atoms with Gasteiger partial charge in [-0.25, -0.2) is 9.97 Å². The summed E-state index contributed by atoms with van der Waals surface area (Å²) in [5.74, 6) is 0.763. The van der Waals surface area contributed by atoms with E-state index in [1.165, 1.54) is 27.9 Å². The van der Waals surface area contributed by atoms with Crippen molar-refractivity contribution in [3.8, 4) is 0 Å². The van der Waals surface area contributed by atoms with E-state index < -0.39 is 0 Å². The van der Waals surface area contributed by atoms with Gasteiger partial charge in [-0.2, -0.15) is 0 Å². The zero-order valence-corrected chi connectivity index (χ0v) is 21.2. The fraction of sp³-hybridized carbons (Fsp3) is 0.357. The van der Waals surface area contributed by atoms with Crippen LogP contribution in [-0.4, -0.2) is 16.0 Å². The summed E-state index contributed by atoms with van der Waals surface area (Å²) in [5, 5.41) is 0. The smallest absolute Gasteiger partial charge is 0.226 e. The van der Waals surface area contributed by atoms with Crippen LogP contribution in [0, 0.1) is 20.8 Å². The lowest BCUT2D eigenvalue weighted by atomic mass is 9.88. The molecule has 0 spiro atoms. The minimum atomic E-state index is 0.135. The van der Waals surface area contributed by atoms with Crippen LogP contribution in [0.1, 0.15) is 60.5 Å². The number of thiol groups is 1. The molecule has 4 rings (SSSR count). The van der Waals surface area contributed by atoms with Gasteiger partial charge in [0.2, 0.25) is 5.95 Å². The van der Waals surface area contributed by atoms with Crippen molar-refractivity contribution in [3.63, 3.8) is 0 Å². The highest BCUT2D eigenvalue weighted by Crippen LogP contribution is 2.45. The first-order valence-corrected chi connectivity index (χ1v) is 12.1. The number of benzene rings is 2. The lowest BCUT2D eigenvalue weighted by molar-refractivity contribution is 0.449. The Kier molecular flexibility index (Phi) is 6.80. The lowest BCUT2D eigenvalue weighted by Crippen LogP contribution is -2.44. The number of hydrogen-bond donors (Lipinski definition) is 1. The van der Waals surface area contributed by atoms with Gasteiger partial charge >= 0.3 is 0 Å². The maximum atomic E-state index is 4.76. The fourth-order valence-electron chi connectivity index (χ4n) is 5.09. The second-order valence-corrected chi connectivity index (χ2v) is 9.86. The second kappa shape index (κ2) is 9.60. The number of fused-ring (bicyclic) bond motifs is 1. The molecule has 2 heterocycles. The number of hydrogen-bond acceptors (Lipinski definition) is 5. The molecule has 0 radical (unpaired) electrons. The van der Waals surface area contributed by atoms with Crippen molar-refractivity contribution in [3.05, 3.63) is 88.9 Å². The molecule has 0 N–H and O–H groups in total. The Balaban J connectivity index is 1.86. The highest BCUT2D eigenvalue weighted by atomic mass is 32.1. The summed E-state index contributed by atoms with van der Waals surface area (Å²) in [6.45, 7) is 15.7. The van der Waals surface area contributed by atoms with Crippen LogP contribution in [0.5, 0.6) is 0 Å². The summed E-state index contributed by atoms with van der Waals surface area (Å²) in [6.07, 6.45) is 5.83. The molecule has 1 aliphatic heterocycles. The summed E-state index contributed by atoms with van der Waals surface area (Å²) in [4.78, 5) is 15.2. The maximum Gasteiger partial charge on any atom is 0.226 e. The normalized spacial score (nSPS) is 17.6. The average Bonchev–Trinajstić information content (AvgIpc) is 2.76. The van der Waals surface area contributed by atoms with E-state index in [4.69, 9.17) is 22.6 Å². The first-order chi connectivity index (χ1) is 15.8. The SMILES string of the molecule is C=C(C)N1c2ccc(S)cc2C(N(Cc2cc(C)cc(C)c2)c2ncc(C)cn2)CC1CC. The van der Waals surface area contributed by atoms with E-state index in [-0.39, 0.29) is 6.04 Å². The number of allylic oxidation sites excluding steroid dienone is 1. The van der Waals surface area contributed by atoms with Crippen LogP contribution in [-0.2, 0) is 6.54 Å². The minimum absolute atomic E-state index is 0.135. The van der Waals surface area contributed by atoms with E-state index in [1.807, 2.05) is 19.3 Å². The highest BCUT2D eigenvalue weighted by molar-refractivity contribution is 7.80. The first-order valence-electron chi connectivity index (χ1n) is 11.7. The van der Waals surface area contributed by atoms with Crippen molar-refractivity contribution < 1.29 is 0 Å². The molecule has 2 aromatic carbocycles. The Hall–Kier alpha value is -2.79. The number of aromatic nitrogens is 2. The number of rotatable bonds is 6. The molecule has 2 unspecified atom stereocenters. The Morgan fingerprint density at radius 1 is 1.06 bits per heavy atom. The van der Waals surface area contributed by atoms with Crippen LogP contribution in [0.25, 0.3) is 0 Å². The molecular formula is C28H34N4S. The van der Waals surface area contributed by atoms with E-state index in [2.05, 4.69) is 80.5 Å². The standard InChI is InChI=1S/C28H34N4S/c1-7-23-13-27(25-14-24(33)8-9-26(25)32(23)18(2)3)31(28-29-15-21(6)16-30-28)17-22-11-19(4)10-20(5)12-22/h8-12,14-16,23,27,33H,2,7,13,17H2,1,3-6H3. The zero-order chi connectivity index (χ0) is 23.7. The Morgan fingerprint density at radius 2 is 1.73 bits per heavy atom. The van der Waals surface area contributed by atoms with E-state index in [1.54, 1.807) is 0 Å². The molecule has 0 saturated carbocycles. The van der Waals surface area contributed by atoms with Gasteiger partial charge in [0.15, 0.2) is 0 Å². The van der Waals surface area contributed by atoms with Gasteiger partial charge in [0, 0.05) is 41.3 Å². The van der Waals surface area contributed by atoms with Gasteiger partial charge in [0.05, 0.1) is 6.04 Å². The second-order valence-electron chi connectivity index (χ2n) is 9.35. The van der Waals surface area contributed by atoms with Crippen LogP contribution in [0.15, 0.2) is 66.0 Å². The van der Waals surface area contributed by atoms with E-state index in [9.17, 15) is 0 Å². The molecule has 0 bridgehead atoms. The molecule has 172 valence electrons. The van der Waals surface area contributed by atoms with Gasteiger partial charge in [0.1, 0.15) is 0 Å². The molecule has 1 aliphatic rings. The lowest BCUT2D eigenvalue weighted by Gasteiger charge is -2.46. The molecule has 3 aromatic rings. The van der Waals surface area contributed by atoms with E-state index >= 15 is 0 Å². The molecule has 33 heavy (non-hydrogen) atoms. The largest absolute Gasteiger partial charge is 0.343 e. The monoisotopic (exact) mass is 458 g/mol. The molecule has 0 aliphatic carbocycles. The molecule has 5 heteroatoms. The number of aryl methyl sites for hydroxylation is 3. The Labute approximate surface area is 203 Å². The molecule has 4 nitrogen and oxygen atoms in total. The predicted molar refractivity (Wildman–Crippen MR) is 141 cm³/mol. The van der Waals surface area contributed by atoms with Crippen molar-refractivity contribution >= 4 is 24.3 Å². The van der Waals surface area contributed by atoms with E-state index in [0.29, 0.717) is 6.04 Å². The third kappa shape index (κ3) is 4.93. The predicted octanol–water partition coefficient (Wildman–Crippen LogP) is 6.96. The summed E-state index contributed by atoms with van der Waals surface area (Å²) >= 11 is 4.69. The molecular weight excluding hydrogens is 424 g/mol. The molecule has 1 aromatic heterocycles. The van der Waals surface area contributed by atoms with Crippen molar-refractivity contribution in [2.45, 2.75) is 71.0 Å². The maximum absolute atomic E-state index is 4.76. The van der Waals surface area contributed by atoms with Crippen molar-refractivity contribution in [1.82, 2.24) is 9.97 Å². The van der Waals surface area contributed by atoms with Crippen LogP contribution in [0.2, 0.25) is 0 Å². The van der Waals surface area contributed by atoms with Gasteiger partial charge in [-0.05, 0) is 75.4 Å². The summed E-state index contributed by atoms with van der Waals surface area (Å²) < 4.78 is 0. The highest BCUT2D eigenvalue weighted by Gasteiger charge is 2.36.